The number of ether oxygens (including phenoxy) is 3. The van der Waals surface area contributed by atoms with Crippen LogP contribution < -0.4 is 19.9 Å². The third-order valence-electron chi connectivity index (χ3n) is 2.68. The zero-order chi connectivity index (χ0) is 11.4. The van der Waals surface area contributed by atoms with Gasteiger partial charge in [-0.1, -0.05) is 0 Å². The second-order valence-electron chi connectivity index (χ2n) is 3.76. The minimum atomic E-state index is 0.296. The van der Waals surface area contributed by atoms with Crippen LogP contribution in [0.5, 0.6) is 17.2 Å². The van der Waals surface area contributed by atoms with Crippen LogP contribution in [0.15, 0.2) is 12.1 Å². The van der Waals surface area contributed by atoms with Crippen molar-refractivity contribution in [2.45, 2.75) is 19.3 Å². The van der Waals surface area contributed by atoms with Crippen LogP contribution >= 0.6 is 0 Å². The van der Waals surface area contributed by atoms with E-state index >= 15 is 0 Å². The van der Waals surface area contributed by atoms with Crippen LogP contribution in [0, 0.1) is 0 Å². The van der Waals surface area contributed by atoms with Crippen LogP contribution in [0.4, 0.5) is 0 Å². The summed E-state index contributed by atoms with van der Waals surface area (Å²) in [5.74, 6) is 2.43. The summed E-state index contributed by atoms with van der Waals surface area (Å²) in [4.78, 5) is 0. The number of hydrogen-bond acceptors (Lipinski definition) is 4. The Hall–Kier alpha value is -1.42. The van der Waals surface area contributed by atoms with E-state index in [1.54, 1.807) is 7.11 Å². The predicted octanol–water partition coefficient (Wildman–Crippen LogP) is 1.71. The van der Waals surface area contributed by atoms with E-state index in [-0.39, 0.29) is 0 Å². The molecule has 88 valence electrons. The van der Waals surface area contributed by atoms with Gasteiger partial charge in [-0.3, -0.25) is 0 Å². The third kappa shape index (κ3) is 2.22. The molecule has 4 nitrogen and oxygen atoms in total. The van der Waals surface area contributed by atoms with E-state index in [9.17, 15) is 0 Å². The lowest BCUT2D eigenvalue weighted by atomic mass is 10.1. The maximum Gasteiger partial charge on any atom is 0.231 e. The van der Waals surface area contributed by atoms with Crippen molar-refractivity contribution in [1.82, 2.24) is 0 Å². The van der Waals surface area contributed by atoms with Gasteiger partial charge in [0.2, 0.25) is 6.79 Å². The molecule has 1 aromatic carbocycles. The number of hydrogen-bond donors (Lipinski definition) is 1. The van der Waals surface area contributed by atoms with Crippen molar-refractivity contribution in [3.8, 4) is 17.2 Å². The average molecular weight is 223 g/mol. The van der Waals surface area contributed by atoms with Crippen molar-refractivity contribution < 1.29 is 14.2 Å². The molecule has 2 rings (SSSR count). The quantitative estimate of drug-likeness (QED) is 0.772. The zero-order valence-corrected chi connectivity index (χ0v) is 9.49. The second kappa shape index (κ2) is 5.07. The Morgan fingerprint density at radius 1 is 1.25 bits per heavy atom. The normalized spacial score (nSPS) is 12.9. The Balaban J connectivity index is 2.15. The molecule has 2 N–H and O–H groups in total. The monoisotopic (exact) mass is 223 g/mol. The lowest BCUT2D eigenvalue weighted by molar-refractivity contribution is 0.174. The van der Waals surface area contributed by atoms with Gasteiger partial charge in [-0.05, 0) is 37.4 Å². The molecule has 4 heteroatoms. The highest BCUT2D eigenvalue weighted by atomic mass is 16.7. The van der Waals surface area contributed by atoms with Gasteiger partial charge < -0.3 is 19.9 Å². The molecule has 0 saturated heterocycles. The van der Waals surface area contributed by atoms with Crippen LogP contribution in [0.2, 0.25) is 0 Å². The minimum Gasteiger partial charge on any atom is -0.496 e. The van der Waals surface area contributed by atoms with Gasteiger partial charge in [-0.15, -0.1) is 0 Å². The molecule has 0 spiro atoms. The molecule has 0 bridgehead atoms. The average Bonchev–Trinajstić information content (AvgIpc) is 2.75. The van der Waals surface area contributed by atoms with E-state index in [2.05, 4.69) is 0 Å². The van der Waals surface area contributed by atoms with E-state index in [0.717, 1.165) is 48.6 Å². The fraction of sp³-hybridized carbons (Fsp3) is 0.500. The lowest BCUT2D eigenvalue weighted by Gasteiger charge is -2.09. The van der Waals surface area contributed by atoms with Crippen molar-refractivity contribution in [3.05, 3.63) is 17.7 Å². The fourth-order valence-electron chi connectivity index (χ4n) is 1.81. The lowest BCUT2D eigenvalue weighted by Crippen LogP contribution is -2.00. The summed E-state index contributed by atoms with van der Waals surface area (Å²) < 4.78 is 16.0. The summed E-state index contributed by atoms with van der Waals surface area (Å²) in [6, 6.07) is 3.89. The van der Waals surface area contributed by atoms with Gasteiger partial charge in [0.1, 0.15) is 5.75 Å². The van der Waals surface area contributed by atoms with Gasteiger partial charge in [-0.25, -0.2) is 0 Å². The molecular formula is C12H17NO3. The van der Waals surface area contributed by atoms with Crippen LogP contribution in [0.3, 0.4) is 0 Å². The summed E-state index contributed by atoms with van der Waals surface area (Å²) in [5.41, 5.74) is 6.63. The summed E-state index contributed by atoms with van der Waals surface area (Å²) in [6.07, 6.45) is 3.04. The summed E-state index contributed by atoms with van der Waals surface area (Å²) in [6.45, 7) is 1.03. The molecule has 1 aliphatic heterocycles. The van der Waals surface area contributed by atoms with Gasteiger partial charge in [-0.2, -0.15) is 0 Å². The number of methoxy groups -OCH3 is 1. The molecule has 0 atom stereocenters. The van der Waals surface area contributed by atoms with E-state index in [0.29, 0.717) is 6.79 Å². The van der Waals surface area contributed by atoms with Crippen molar-refractivity contribution >= 4 is 0 Å². The number of aryl methyl sites for hydroxylation is 1. The first-order valence-corrected chi connectivity index (χ1v) is 5.51. The van der Waals surface area contributed by atoms with Crippen molar-refractivity contribution in [3.63, 3.8) is 0 Å². The van der Waals surface area contributed by atoms with Gasteiger partial charge in [0.25, 0.3) is 0 Å². The highest BCUT2D eigenvalue weighted by Gasteiger charge is 2.17. The van der Waals surface area contributed by atoms with Crippen molar-refractivity contribution in [2.75, 3.05) is 20.4 Å². The summed E-state index contributed by atoms with van der Waals surface area (Å²) in [5, 5.41) is 0. The Morgan fingerprint density at radius 3 is 2.69 bits per heavy atom. The topological polar surface area (TPSA) is 53.7 Å². The maximum atomic E-state index is 5.48. The number of benzene rings is 1. The molecule has 1 heterocycles. The second-order valence-corrected chi connectivity index (χ2v) is 3.76. The first kappa shape index (κ1) is 11.1. The SMILES string of the molecule is COc1cc2c(cc1CCCCN)OCO2. The number of rotatable bonds is 5. The molecule has 16 heavy (non-hydrogen) atoms. The number of nitrogens with two attached hydrogens (primary N) is 1. The highest BCUT2D eigenvalue weighted by Crippen LogP contribution is 2.38. The fourth-order valence-corrected chi connectivity index (χ4v) is 1.81. The van der Waals surface area contributed by atoms with Crippen LogP contribution in [-0.4, -0.2) is 20.4 Å². The molecule has 0 aromatic heterocycles. The van der Waals surface area contributed by atoms with E-state index in [1.807, 2.05) is 12.1 Å². The Labute approximate surface area is 95.3 Å². The van der Waals surface area contributed by atoms with E-state index in [4.69, 9.17) is 19.9 Å². The molecule has 0 unspecified atom stereocenters. The Morgan fingerprint density at radius 2 is 2.00 bits per heavy atom. The molecule has 0 radical (unpaired) electrons. The molecule has 0 aliphatic carbocycles. The first-order chi connectivity index (χ1) is 7.85. The zero-order valence-electron chi connectivity index (χ0n) is 9.49. The minimum absolute atomic E-state index is 0.296. The molecule has 0 saturated carbocycles. The Bertz CT molecular complexity index is 366. The van der Waals surface area contributed by atoms with Gasteiger partial charge in [0.15, 0.2) is 11.5 Å². The van der Waals surface area contributed by atoms with Crippen LogP contribution in [0.1, 0.15) is 18.4 Å². The first-order valence-electron chi connectivity index (χ1n) is 5.51. The predicted molar refractivity (Wildman–Crippen MR) is 61.1 cm³/mol. The molecule has 0 fully saturated rings. The standard InChI is InChI=1S/C12H17NO3/c1-14-10-7-12-11(15-8-16-12)6-9(10)4-2-3-5-13/h6-7H,2-5,8,13H2,1H3. The number of fused-ring (bicyclic) bond motifs is 1. The molecule has 1 aromatic rings. The molecule has 0 amide bonds. The van der Waals surface area contributed by atoms with Crippen molar-refractivity contribution in [2.24, 2.45) is 5.73 Å². The summed E-state index contributed by atoms with van der Waals surface area (Å²) in [7, 11) is 1.67. The van der Waals surface area contributed by atoms with Gasteiger partial charge >= 0.3 is 0 Å². The summed E-state index contributed by atoms with van der Waals surface area (Å²) >= 11 is 0. The highest BCUT2D eigenvalue weighted by molar-refractivity contribution is 5.51. The van der Waals surface area contributed by atoms with E-state index < -0.39 is 0 Å². The van der Waals surface area contributed by atoms with Gasteiger partial charge in [0, 0.05) is 6.07 Å². The number of unbranched alkanes of at least 4 members (excludes halogenated alkanes) is 1. The molecule has 1 aliphatic rings. The Kier molecular flexibility index (Phi) is 3.51. The van der Waals surface area contributed by atoms with E-state index in [1.165, 1.54) is 0 Å². The smallest absolute Gasteiger partial charge is 0.231 e. The molecular weight excluding hydrogens is 206 g/mol. The van der Waals surface area contributed by atoms with Crippen LogP contribution in [0.25, 0.3) is 0 Å². The maximum absolute atomic E-state index is 5.48. The van der Waals surface area contributed by atoms with Crippen LogP contribution in [-0.2, 0) is 6.42 Å². The third-order valence-corrected chi connectivity index (χ3v) is 2.68. The van der Waals surface area contributed by atoms with Gasteiger partial charge in [0.05, 0.1) is 7.11 Å². The largest absolute Gasteiger partial charge is 0.496 e. The van der Waals surface area contributed by atoms with Crippen molar-refractivity contribution in [1.29, 1.82) is 0 Å².